The van der Waals surface area contributed by atoms with E-state index >= 15 is 4.39 Å². The lowest BCUT2D eigenvalue weighted by Gasteiger charge is -2.34. The highest BCUT2D eigenvalue weighted by molar-refractivity contribution is 7.22. The molecule has 2 aromatic carbocycles. The Labute approximate surface area is 262 Å². The van der Waals surface area contributed by atoms with Gasteiger partial charge in [0.2, 0.25) is 0 Å². The zero-order valence-corrected chi connectivity index (χ0v) is 26.0. The van der Waals surface area contributed by atoms with E-state index in [4.69, 9.17) is 26.1 Å². The van der Waals surface area contributed by atoms with Crippen molar-refractivity contribution in [2.24, 2.45) is 5.41 Å². The number of hydrogen-bond donors (Lipinski definition) is 2. The van der Waals surface area contributed by atoms with E-state index < -0.39 is 11.6 Å². The summed E-state index contributed by atoms with van der Waals surface area (Å²) >= 11 is 8.03. The molecular weight excluding hydrogens is 608 g/mol. The first kappa shape index (κ1) is 28.6. The Kier molecular flexibility index (Phi) is 7.25. The summed E-state index contributed by atoms with van der Waals surface area (Å²) in [4.78, 5) is 18.7. The van der Waals surface area contributed by atoms with Gasteiger partial charge in [-0.1, -0.05) is 22.9 Å². The van der Waals surface area contributed by atoms with Gasteiger partial charge in [0, 0.05) is 73.8 Å². The Morgan fingerprint density at radius 2 is 1.89 bits per heavy atom. The molecule has 232 valence electrons. The van der Waals surface area contributed by atoms with Crippen LogP contribution < -0.4 is 20.3 Å². The lowest BCUT2D eigenvalue weighted by molar-refractivity contribution is 0.0231. The number of thiazole rings is 1. The molecule has 3 aliphatic heterocycles. The third-order valence-corrected chi connectivity index (χ3v) is 10.8. The van der Waals surface area contributed by atoms with Crippen LogP contribution in [0.25, 0.3) is 32.2 Å². The molecule has 13 heteroatoms. The predicted octanol–water partition coefficient (Wildman–Crippen LogP) is 5.31. The van der Waals surface area contributed by atoms with Gasteiger partial charge >= 0.3 is 6.01 Å². The first-order chi connectivity index (χ1) is 21.4. The standard InChI is InChI=1S/C31H34ClF2N7O2S/c1-35-30-38-26-19(4-5-22(33)27(26)44-30)23-21(32)12-20-25(24(23)34)37-29(39-28(20)41-13-17-2-3-18(14-41)36-17)43-16-31(6-7-31)15-40-8-10-42-11-9-40/h4-5,12,17-18,36H,2-3,6-11,13-16H2,1H3,(H,35,38). The molecule has 0 amide bonds. The van der Waals surface area contributed by atoms with Crippen LogP contribution in [0.4, 0.5) is 19.7 Å². The Morgan fingerprint density at radius 3 is 2.61 bits per heavy atom. The van der Waals surface area contributed by atoms with Crippen molar-refractivity contribution >= 4 is 55.0 Å². The minimum Gasteiger partial charge on any atom is -0.463 e. The number of benzene rings is 2. The molecule has 2 aromatic heterocycles. The van der Waals surface area contributed by atoms with Crippen LogP contribution in [-0.4, -0.2) is 91.5 Å². The number of fused-ring (bicyclic) bond motifs is 4. The predicted molar refractivity (Wildman–Crippen MR) is 169 cm³/mol. The van der Waals surface area contributed by atoms with Gasteiger partial charge in [0.15, 0.2) is 10.9 Å². The van der Waals surface area contributed by atoms with Gasteiger partial charge in [0.1, 0.15) is 17.2 Å². The second-order valence-electron chi connectivity index (χ2n) is 12.5. The average molecular weight is 642 g/mol. The van der Waals surface area contributed by atoms with Gasteiger partial charge < -0.3 is 25.0 Å². The summed E-state index contributed by atoms with van der Waals surface area (Å²) in [5.41, 5.74) is 1.08. The highest BCUT2D eigenvalue weighted by Gasteiger charge is 2.45. The van der Waals surface area contributed by atoms with E-state index in [2.05, 4.69) is 30.4 Å². The van der Waals surface area contributed by atoms with Crippen molar-refractivity contribution in [3.05, 3.63) is 34.9 Å². The van der Waals surface area contributed by atoms with Gasteiger partial charge in [-0.05, 0) is 43.9 Å². The zero-order chi connectivity index (χ0) is 30.0. The molecule has 44 heavy (non-hydrogen) atoms. The van der Waals surface area contributed by atoms with Crippen LogP contribution in [-0.2, 0) is 4.74 Å². The van der Waals surface area contributed by atoms with E-state index in [-0.39, 0.29) is 27.5 Å². The minimum absolute atomic E-state index is 0.0447. The number of anilines is 2. The van der Waals surface area contributed by atoms with Crippen molar-refractivity contribution in [3.63, 3.8) is 0 Å². The first-order valence-electron chi connectivity index (χ1n) is 15.3. The number of aromatic nitrogens is 3. The molecule has 4 aromatic rings. The Hall–Kier alpha value is -2.90. The number of piperazine rings is 1. The van der Waals surface area contributed by atoms with Gasteiger partial charge in [-0.2, -0.15) is 9.97 Å². The molecule has 2 atom stereocenters. The quantitative estimate of drug-likeness (QED) is 0.266. The lowest BCUT2D eigenvalue weighted by atomic mass is 10.0. The topological polar surface area (TPSA) is 87.7 Å². The summed E-state index contributed by atoms with van der Waals surface area (Å²) in [7, 11) is 1.72. The molecule has 4 aliphatic rings. The largest absolute Gasteiger partial charge is 0.463 e. The number of rotatable bonds is 8. The van der Waals surface area contributed by atoms with Crippen molar-refractivity contribution in [3.8, 4) is 17.1 Å². The zero-order valence-electron chi connectivity index (χ0n) is 24.5. The molecule has 1 saturated carbocycles. The van der Waals surface area contributed by atoms with Crippen molar-refractivity contribution < 1.29 is 18.3 Å². The van der Waals surface area contributed by atoms with Crippen molar-refractivity contribution in [1.29, 1.82) is 0 Å². The van der Waals surface area contributed by atoms with Crippen molar-refractivity contribution in [1.82, 2.24) is 25.2 Å². The highest BCUT2D eigenvalue weighted by Crippen LogP contribution is 2.47. The van der Waals surface area contributed by atoms with Crippen molar-refractivity contribution in [2.75, 3.05) is 69.8 Å². The number of morpholine rings is 1. The second-order valence-corrected chi connectivity index (χ2v) is 13.9. The summed E-state index contributed by atoms with van der Waals surface area (Å²) in [5, 5.41) is 7.87. The Bertz CT molecular complexity index is 1730. The molecule has 2 unspecified atom stereocenters. The van der Waals surface area contributed by atoms with E-state index in [0.29, 0.717) is 50.8 Å². The van der Waals surface area contributed by atoms with Gasteiger partial charge in [0.05, 0.1) is 35.1 Å². The number of hydrogen-bond acceptors (Lipinski definition) is 10. The van der Waals surface area contributed by atoms with Crippen molar-refractivity contribution in [2.45, 2.75) is 37.8 Å². The fourth-order valence-corrected chi connectivity index (χ4v) is 8.09. The van der Waals surface area contributed by atoms with E-state index in [0.717, 1.165) is 71.6 Å². The first-order valence-corrected chi connectivity index (χ1v) is 16.5. The second kappa shape index (κ2) is 11.2. The van der Waals surface area contributed by atoms with E-state index in [1.54, 1.807) is 13.1 Å². The van der Waals surface area contributed by atoms with E-state index in [9.17, 15) is 4.39 Å². The average Bonchev–Trinajstić information content (AvgIpc) is 3.49. The maximum absolute atomic E-state index is 16.8. The lowest BCUT2D eigenvalue weighted by Crippen LogP contribution is -2.51. The summed E-state index contributed by atoms with van der Waals surface area (Å²) < 4.78 is 43.7. The summed E-state index contributed by atoms with van der Waals surface area (Å²) in [6.45, 7) is 6.27. The fraction of sp³-hybridized carbons (Fsp3) is 0.516. The smallest absolute Gasteiger partial charge is 0.319 e. The SMILES string of the molecule is CNc1nc2c(-c3c(Cl)cc4c(N5CC6CCC(C5)N6)nc(OCC5(CN6CCOCC6)CC5)nc4c3F)ccc(F)c2s1. The molecular formula is C31H34ClF2N7O2S. The molecule has 1 aliphatic carbocycles. The molecule has 8 rings (SSSR count). The summed E-state index contributed by atoms with van der Waals surface area (Å²) in [5.74, 6) is -0.385. The van der Waals surface area contributed by atoms with Crippen LogP contribution in [0.5, 0.6) is 6.01 Å². The van der Waals surface area contributed by atoms with Crippen LogP contribution in [0.1, 0.15) is 25.7 Å². The normalized spacial score (nSPS) is 23.0. The molecule has 0 spiro atoms. The van der Waals surface area contributed by atoms with Crippen LogP contribution in [0.3, 0.4) is 0 Å². The molecule has 3 saturated heterocycles. The van der Waals surface area contributed by atoms with Crippen LogP contribution in [0.15, 0.2) is 18.2 Å². The third-order valence-electron chi connectivity index (χ3n) is 9.46. The summed E-state index contributed by atoms with van der Waals surface area (Å²) in [6.07, 6.45) is 4.34. The van der Waals surface area contributed by atoms with E-state index in [1.165, 1.54) is 23.5 Å². The van der Waals surface area contributed by atoms with Gasteiger partial charge in [-0.15, -0.1) is 0 Å². The van der Waals surface area contributed by atoms with Gasteiger partial charge in [-0.25, -0.2) is 13.8 Å². The third kappa shape index (κ3) is 5.14. The van der Waals surface area contributed by atoms with Crippen LogP contribution in [0.2, 0.25) is 5.02 Å². The van der Waals surface area contributed by atoms with E-state index in [1.807, 2.05) is 0 Å². The minimum atomic E-state index is -0.597. The maximum atomic E-state index is 16.8. The number of nitrogens with zero attached hydrogens (tertiary/aromatic N) is 5. The molecule has 2 bridgehead atoms. The maximum Gasteiger partial charge on any atom is 0.319 e. The monoisotopic (exact) mass is 641 g/mol. The Balaban J connectivity index is 1.21. The molecule has 4 fully saturated rings. The molecule has 5 heterocycles. The van der Waals surface area contributed by atoms with Gasteiger partial charge in [-0.3, -0.25) is 4.90 Å². The number of ether oxygens (including phenoxy) is 2. The molecule has 2 N–H and O–H groups in total. The number of nitrogens with one attached hydrogen (secondary N) is 2. The van der Waals surface area contributed by atoms with Gasteiger partial charge in [0.25, 0.3) is 0 Å². The number of halogens is 3. The summed E-state index contributed by atoms with van der Waals surface area (Å²) in [6, 6.07) is 5.46. The highest BCUT2D eigenvalue weighted by atomic mass is 35.5. The van der Waals surface area contributed by atoms with Crippen LogP contribution >= 0.6 is 22.9 Å². The fourth-order valence-electron chi connectivity index (χ4n) is 6.94. The van der Waals surface area contributed by atoms with Crippen LogP contribution in [0, 0.1) is 17.0 Å². The molecule has 0 radical (unpaired) electrons. The molecule has 9 nitrogen and oxygen atoms in total. The Morgan fingerprint density at radius 1 is 1.11 bits per heavy atom.